The van der Waals surface area contributed by atoms with E-state index in [9.17, 15) is 4.79 Å². The fraction of sp³-hybridized carbons (Fsp3) is 0.286. The molecule has 0 aliphatic heterocycles. The average Bonchev–Trinajstić information content (AvgIpc) is 2.76. The van der Waals surface area contributed by atoms with Crippen LogP contribution in [-0.2, 0) is 0 Å². The summed E-state index contributed by atoms with van der Waals surface area (Å²) < 4.78 is 1.62. The summed E-state index contributed by atoms with van der Waals surface area (Å²) in [5.74, 6) is 0.774. The van der Waals surface area contributed by atoms with Crippen LogP contribution in [0.2, 0.25) is 0 Å². The predicted molar refractivity (Wildman–Crippen MR) is 106 cm³/mol. The smallest absolute Gasteiger partial charge is 0.267 e. The van der Waals surface area contributed by atoms with Crippen molar-refractivity contribution in [1.82, 2.24) is 19.7 Å². The molecule has 140 valence electrons. The topological polar surface area (TPSA) is 96.5 Å². The lowest BCUT2D eigenvalue weighted by atomic mass is 9.91. The number of nitrogens with zero attached hydrogens (tertiary/aromatic N) is 5. The van der Waals surface area contributed by atoms with Gasteiger partial charge >= 0.3 is 0 Å². The number of pyridine rings is 2. The van der Waals surface area contributed by atoms with Crippen LogP contribution in [0.1, 0.15) is 37.3 Å². The summed E-state index contributed by atoms with van der Waals surface area (Å²) in [6.07, 6.45) is 8.64. The zero-order chi connectivity index (χ0) is 19.3. The van der Waals surface area contributed by atoms with Crippen molar-refractivity contribution in [2.24, 2.45) is 0 Å². The van der Waals surface area contributed by atoms with E-state index < -0.39 is 0 Å². The quantitative estimate of drug-likeness (QED) is 0.756. The van der Waals surface area contributed by atoms with Crippen LogP contribution in [0.4, 0.5) is 5.82 Å². The van der Waals surface area contributed by atoms with Crippen molar-refractivity contribution in [3.05, 3.63) is 70.9 Å². The Morgan fingerprint density at radius 1 is 1.07 bits per heavy atom. The van der Waals surface area contributed by atoms with Gasteiger partial charge in [0, 0.05) is 36.3 Å². The van der Waals surface area contributed by atoms with Gasteiger partial charge in [-0.15, -0.1) is 0 Å². The zero-order valence-corrected chi connectivity index (χ0v) is 15.3. The van der Waals surface area contributed by atoms with Crippen LogP contribution in [0.15, 0.2) is 59.8 Å². The number of nitrogens with one attached hydrogen (secondary N) is 1. The molecule has 1 aliphatic carbocycles. The molecule has 3 heterocycles. The van der Waals surface area contributed by atoms with Gasteiger partial charge in [-0.25, -0.2) is 9.67 Å². The lowest BCUT2D eigenvalue weighted by Gasteiger charge is -2.30. The Labute approximate surface area is 162 Å². The van der Waals surface area contributed by atoms with Gasteiger partial charge in [-0.3, -0.25) is 9.78 Å². The molecule has 0 radical (unpaired) electrons. The van der Waals surface area contributed by atoms with E-state index in [1.54, 1.807) is 41.5 Å². The second kappa shape index (κ2) is 8.01. The Balaban J connectivity index is 1.43. The van der Waals surface area contributed by atoms with Gasteiger partial charge in [0.2, 0.25) is 0 Å². The molecule has 1 aliphatic rings. The highest BCUT2D eigenvalue weighted by Crippen LogP contribution is 2.29. The van der Waals surface area contributed by atoms with Crippen molar-refractivity contribution in [2.45, 2.75) is 37.8 Å². The van der Waals surface area contributed by atoms with Crippen molar-refractivity contribution < 1.29 is 0 Å². The van der Waals surface area contributed by atoms with Crippen LogP contribution in [0.3, 0.4) is 0 Å². The molecular weight excluding hydrogens is 352 g/mol. The molecule has 7 heteroatoms. The minimum absolute atomic E-state index is 0.0715. The summed E-state index contributed by atoms with van der Waals surface area (Å²) in [5, 5.41) is 16.9. The van der Waals surface area contributed by atoms with Crippen molar-refractivity contribution in [2.75, 3.05) is 5.32 Å². The molecule has 0 unspecified atom stereocenters. The Kier molecular flexibility index (Phi) is 5.11. The molecule has 0 atom stereocenters. The van der Waals surface area contributed by atoms with Gasteiger partial charge in [-0.2, -0.15) is 10.4 Å². The first-order valence-electron chi connectivity index (χ1n) is 9.36. The molecule has 7 nitrogen and oxygen atoms in total. The van der Waals surface area contributed by atoms with E-state index in [1.165, 1.54) is 0 Å². The van der Waals surface area contributed by atoms with E-state index in [2.05, 4.69) is 26.5 Å². The second-order valence-electron chi connectivity index (χ2n) is 6.94. The summed E-state index contributed by atoms with van der Waals surface area (Å²) in [6.45, 7) is 0. The average molecular weight is 372 g/mol. The number of nitriles is 1. The van der Waals surface area contributed by atoms with E-state index in [0.29, 0.717) is 11.6 Å². The minimum atomic E-state index is -0.0715. The molecular formula is C21H20N6O. The van der Waals surface area contributed by atoms with Crippen LogP contribution in [0.5, 0.6) is 0 Å². The summed E-state index contributed by atoms with van der Waals surface area (Å²) in [6, 6.07) is 13.2. The minimum Gasteiger partial charge on any atom is -0.367 e. The first kappa shape index (κ1) is 17.9. The van der Waals surface area contributed by atoms with E-state index in [0.717, 1.165) is 42.8 Å². The first-order valence-corrected chi connectivity index (χ1v) is 9.36. The Morgan fingerprint density at radius 3 is 2.61 bits per heavy atom. The van der Waals surface area contributed by atoms with Gasteiger partial charge in [0.25, 0.3) is 5.56 Å². The molecule has 4 rings (SSSR count). The maximum Gasteiger partial charge on any atom is 0.267 e. The highest BCUT2D eigenvalue weighted by atomic mass is 16.1. The van der Waals surface area contributed by atoms with Gasteiger partial charge in [-0.1, -0.05) is 0 Å². The standard InChI is InChI=1S/C21H20N6O/c22-12-15-3-9-20(24-13-15)25-17-4-6-18(7-5-17)27-21(28)10-8-19(26-27)16-2-1-11-23-14-16/h1-3,8-11,13-14,17-18H,4-7H2,(H,24,25). The molecule has 1 N–H and O–H groups in total. The van der Waals surface area contributed by atoms with Crippen LogP contribution in [-0.4, -0.2) is 25.8 Å². The predicted octanol–water partition coefficient (Wildman–Crippen LogP) is 3.17. The summed E-state index contributed by atoms with van der Waals surface area (Å²) in [5.41, 5.74) is 2.14. The largest absolute Gasteiger partial charge is 0.367 e. The number of anilines is 1. The van der Waals surface area contributed by atoms with Gasteiger partial charge in [0.15, 0.2) is 0 Å². The highest BCUT2D eigenvalue weighted by molar-refractivity contribution is 5.56. The molecule has 0 amide bonds. The molecule has 28 heavy (non-hydrogen) atoms. The Hall–Kier alpha value is -3.53. The molecule has 0 saturated heterocycles. The third-order valence-electron chi connectivity index (χ3n) is 5.07. The number of hydrogen-bond donors (Lipinski definition) is 1. The fourth-order valence-electron chi connectivity index (χ4n) is 3.57. The lowest BCUT2D eigenvalue weighted by Crippen LogP contribution is -2.33. The van der Waals surface area contributed by atoms with E-state index in [-0.39, 0.29) is 11.6 Å². The van der Waals surface area contributed by atoms with E-state index >= 15 is 0 Å². The van der Waals surface area contributed by atoms with Crippen molar-refractivity contribution >= 4 is 5.82 Å². The van der Waals surface area contributed by atoms with Gasteiger partial charge in [-0.05, 0) is 56.0 Å². The summed E-state index contributed by atoms with van der Waals surface area (Å²) >= 11 is 0. The lowest BCUT2D eigenvalue weighted by molar-refractivity contribution is 0.304. The van der Waals surface area contributed by atoms with Crippen LogP contribution in [0.25, 0.3) is 11.3 Å². The third kappa shape index (κ3) is 3.91. The Bertz CT molecular complexity index is 1030. The molecule has 1 fully saturated rings. The van der Waals surface area contributed by atoms with E-state index in [1.807, 2.05) is 18.2 Å². The Morgan fingerprint density at radius 2 is 1.93 bits per heavy atom. The maximum absolute atomic E-state index is 12.4. The second-order valence-corrected chi connectivity index (χ2v) is 6.94. The molecule has 3 aromatic rings. The van der Waals surface area contributed by atoms with Crippen LogP contribution in [0, 0.1) is 11.3 Å². The normalized spacial score (nSPS) is 19.0. The molecule has 0 bridgehead atoms. The highest BCUT2D eigenvalue weighted by Gasteiger charge is 2.24. The van der Waals surface area contributed by atoms with Crippen LogP contribution < -0.4 is 10.9 Å². The maximum atomic E-state index is 12.4. The van der Waals surface area contributed by atoms with Crippen molar-refractivity contribution in [1.29, 1.82) is 5.26 Å². The zero-order valence-electron chi connectivity index (χ0n) is 15.3. The first-order chi connectivity index (χ1) is 13.7. The summed E-state index contributed by atoms with van der Waals surface area (Å²) in [7, 11) is 0. The van der Waals surface area contributed by atoms with Gasteiger partial charge in [0.1, 0.15) is 11.9 Å². The van der Waals surface area contributed by atoms with Crippen molar-refractivity contribution in [3.63, 3.8) is 0 Å². The molecule has 0 spiro atoms. The van der Waals surface area contributed by atoms with Gasteiger partial charge in [0.05, 0.1) is 17.3 Å². The fourth-order valence-corrected chi connectivity index (χ4v) is 3.57. The molecule has 3 aromatic heterocycles. The van der Waals surface area contributed by atoms with Crippen LogP contribution >= 0.6 is 0 Å². The van der Waals surface area contributed by atoms with Gasteiger partial charge < -0.3 is 5.32 Å². The van der Waals surface area contributed by atoms with Crippen molar-refractivity contribution in [3.8, 4) is 17.3 Å². The number of hydrogen-bond acceptors (Lipinski definition) is 6. The SMILES string of the molecule is N#Cc1ccc(NC2CCC(n3nc(-c4cccnc4)ccc3=O)CC2)nc1. The summed E-state index contributed by atoms with van der Waals surface area (Å²) in [4.78, 5) is 20.8. The third-order valence-corrected chi connectivity index (χ3v) is 5.07. The molecule has 1 saturated carbocycles. The number of aromatic nitrogens is 4. The van der Waals surface area contributed by atoms with E-state index in [4.69, 9.17) is 5.26 Å². The number of rotatable bonds is 4. The monoisotopic (exact) mass is 372 g/mol. The molecule has 0 aromatic carbocycles.